The summed E-state index contributed by atoms with van der Waals surface area (Å²) in [5, 5.41) is 3.06. The van der Waals surface area contributed by atoms with Crippen molar-refractivity contribution in [2.24, 2.45) is 0 Å². The number of ketones is 1. The molecule has 0 heterocycles. The molecule has 19 heavy (non-hydrogen) atoms. The van der Waals surface area contributed by atoms with Crippen molar-refractivity contribution >= 4 is 11.5 Å². The Hall–Kier alpha value is -2.09. The van der Waals surface area contributed by atoms with Crippen molar-refractivity contribution in [1.82, 2.24) is 0 Å². The molecule has 0 aromatic heterocycles. The van der Waals surface area contributed by atoms with Gasteiger partial charge in [-0.25, -0.2) is 0 Å². The first-order valence-corrected chi connectivity index (χ1v) is 6.65. The normalized spacial score (nSPS) is 10.2. The van der Waals surface area contributed by atoms with Crippen LogP contribution < -0.4 is 5.32 Å². The molecule has 0 saturated carbocycles. The molecule has 1 N–H and O–H groups in total. The summed E-state index contributed by atoms with van der Waals surface area (Å²) in [5.41, 5.74) is 2.99. The van der Waals surface area contributed by atoms with E-state index in [0.717, 1.165) is 24.1 Å². The Balaban J connectivity index is 1.91. The Kier molecular flexibility index (Phi) is 4.73. The van der Waals surface area contributed by atoms with Gasteiger partial charge in [-0.2, -0.15) is 0 Å². The summed E-state index contributed by atoms with van der Waals surface area (Å²) in [4.78, 5) is 12.2. The number of benzene rings is 2. The van der Waals surface area contributed by atoms with E-state index in [9.17, 15) is 4.79 Å². The first-order valence-electron chi connectivity index (χ1n) is 6.65. The van der Waals surface area contributed by atoms with Gasteiger partial charge in [0.15, 0.2) is 5.78 Å². The van der Waals surface area contributed by atoms with Gasteiger partial charge in [-0.1, -0.05) is 42.5 Å². The van der Waals surface area contributed by atoms with Gasteiger partial charge >= 0.3 is 0 Å². The third-order valence-electron chi connectivity index (χ3n) is 3.21. The number of nitrogens with one attached hydrogen (secondary N) is 1. The van der Waals surface area contributed by atoms with Crippen LogP contribution in [0.5, 0.6) is 0 Å². The first-order chi connectivity index (χ1) is 9.31. The van der Waals surface area contributed by atoms with Crippen molar-refractivity contribution in [3.63, 3.8) is 0 Å². The number of hydrogen-bond donors (Lipinski definition) is 1. The lowest BCUT2D eigenvalue weighted by molar-refractivity contribution is 0.0981. The molecule has 0 bridgehead atoms. The minimum atomic E-state index is 0.209. The van der Waals surface area contributed by atoms with E-state index in [1.54, 1.807) is 0 Å². The quantitative estimate of drug-likeness (QED) is 0.790. The number of rotatable bonds is 6. The smallest absolute Gasteiger partial charge is 0.164 e. The van der Waals surface area contributed by atoms with Gasteiger partial charge in [-0.05, 0) is 30.5 Å². The number of para-hydroxylation sites is 1. The van der Waals surface area contributed by atoms with Crippen molar-refractivity contribution in [2.75, 3.05) is 12.4 Å². The van der Waals surface area contributed by atoms with E-state index in [-0.39, 0.29) is 5.78 Å². The molecule has 0 saturated heterocycles. The topological polar surface area (TPSA) is 29.1 Å². The Labute approximate surface area is 114 Å². The van der Waals surface area contributed by atoms with E-state index >= 15 is 0 Å². The van der Waals surface area contributed by atoms with Gasteiger partial charge in [-0.15, -0.1) is 0 Å². The van der Waals surface area contributed by atoms with Crippen molar-refractivity contribution < 1.29 is 4.79 Å². The van der Waals surface area contributed by atoms with Crippen LogP contribution in [0.1, 0.15) is 28.8 Å². The van der Waals surface area contributed by atoms with Gasteiger partial charge < -0.3 is 5.32 Å². The minimum Gasteiger partial charge on any atom is -0.388 e. The summed E-state index contributed by atoms with van der Waals surface area (Å²) in [6.07, 6.45) is 2.43. The number of anilines is 1. The van der Waals surface area contributed by atoms with Gasteiger partial charge in [0.1, 0.15) is 0 Å². The largest absolute Gasteiger partial charge is 0.388 e. The molecule has 0 aliphatic heterocycles. The maximum atomic E-state index is 12.2. The van der Waals surface area contributed by atoms with E-state index in [0.29, 0.717) is 6.42 Å². The third-order valence-corrected chi connectivity index (χ3v) is 3.21. The molecule has 2 aromatic carbocycles. The highest BCUT2D eigenvalue weighted by atomic mass is 16.1. The zero-order valence-corrected chi connectivity index (χ0v) is 11.2. The van der Waals surface area contributed by atoms with Crippen LogP contribution in [0.25, 0.3) is 0 Å². The summed E-state index contributed by atoms with van der Waals surface area (Å²) in [7, 11) is 1.84. The number of hydrogen-bond acceptors (Lipinski definition) is 2. The molecule has 0 amide bonds. The molecule has 0 fully saturated rings. The summed E-state index contributed by atoms with van der Waals surface area (Å²) in [5.74, 6) is 0.209. The van der Waals surface area contributed by atoms with Gasteiger partial charge in [0.05, 0.1) is 0 Å². The van der Waals surface area contributed by atoms with Crippen LogP contribution in [0, 0.1) is 0 Å². The second kappa shape index (κ2) is 6.74. The fourth-order valence-electron chi connectivity index (χ4n) is 2.18. The predicted molar refractivity (Wildman–Crippen MR) is 79.7 cm³/mol. The SMILES string of the molecule is CNc1ccccc1C(=O)CCCc1ccccc1. The summed E-state index contributed by atoms with van der Waals surface area (Å²) in [6.45, 7) is 0. The Bertz CT molecular complexity index is 534. The van der Waals surface area contributed by atoms with Gasteiger partial charge in [0, 0.05) is 24.7 Å². The lowest BCUT2D eigenvalue weighted by atomic mass is 10.0. The average molecular weight is 253 g/mol. The van der Waals surface area contributed by atoms with Crippen molar-refractivity contribution in [1.29, 1.82) is 0 Å². The molecule has 2 heteroatoms. The van der Waals surface area contributed by atoms with Crippen molar-refractivity contribution in [2.45, 2.75) is 19.3 Å². The summed E-state index contributed by atoms with van der Waals surface area (Å²) in [6, 6.07) is 18.0. The highest BCUT2D eigenvalue weighted by molar-refractivity contribution is 6.01. The Morgan fingerprint density at radius 1 is 1.00 bits per heavy atom. The second-order valence-electron chi connectivity index (χ2n) is 4.56. The molecule has 98 valence electrons. The van der Waals surface area contributed by atoms with Crippen LogP contribution >= 0.6 is 0 Å². The number of Topliss-reactive ketones (excluding diaryl/α,β-unsaturated/α-hetero) is 1. The van der Waals surface area contributed by atoms with E-state index in [4.69, 9.17) is 0 Å². The lowest BCUT2D eigenvalue weighted by Crippen LogP contribution is -2.04. The molecule has 2 aromatic rings. The van der Waals surface area contributed by atoms with E-state index in [2.05, 4.69) is 17.4 Å². The van der Waals surface area contributed by atoms with Crippen LogP contribution in [0.3, 0.4) is 0 Å². The van der Waals surface area contributed by atoms with Crippen molar-refractivity contribution in [3.8, 4) is 0 Å². The van der Waals surface area contributed by atoms with Gasteiger partial charge in [0.25, 0.3) is 0 Å². The van der Waals surface area contributed by atoms with E-state index in [1.165, 1.54) is 5.56 Å². The maximum Gasteiger partial charge on any atom is 0.164 e. The summed E-state index contributed by atoms with van der Waals surface area (Å²) >= 11 is 0. The summed E-state index contributed by atoms with van der Waals surface area (Å²) < 4.78 is 0. The molecular weight excluding hydrogens is 234 g/mol. The maximum absolute atomic E-state index is 12.2. The zero-order chi connectivity index (χ0) is 13.5. The fourth-order valence-corrected chi connectivity index (χ4v) is 2.18. The number of carbonyl (C=O) groups excluding carboxylic acids is 1. The Morgan fingerprint density at radius 2 is 1.68 bits per heavy atom. The lowest BCUT2D eigenvalue weighted by Gasteiger charge is -2.07. The molecule has 0 spiro atoms. The Morgan fingerprint density at radius 3 is 2.42 bits per heavy atom. The molecular formula is C17H19NO. The molecule has 0 atom stereocenters. The molecule has 2 rings (SSSR count). The molecule has 0 aliphatic carbocycles. The zero-order valence-electron chi connectivity index (χ0n) is 11.2. The monoisotopic (exact) mass is 253 g/mol. The van der Waals surface area contributed by atoms with Crippen molar-refractivity contribution in [3.05, 3.63) is 65.7 Å². The van der Waals surface area contributed by atoms with Crippen LogP contribution in [-0.4, -0.2) is 12.8 Å². The molecule has 0 unspecified atom stereocenters. The van der Waals surface area contributed by atoms with Crippen LogP contribution in [0.4, 0.5) is 5.69 Å². The average Bonchev–Trinajstić information content (AvgIpc) is 2.48. The highest BCUT2D eigenvalue weighted by Crippen LogP contribution is 2.17. The number of aryl methyl sites for hydroxylation is 1. The molecule has 0 aliphatic rings. The van der Waals surface area contributed by atoms with Crippen LogP contribution in [0.15, 0.2) is 54.6 Å². The molecule has 0 radical (unpaired) electrons. The second-order valence-corrected chi connectivity index (χ2v) is 4.56. The van der Waals surface area contributed by atoms with Gasteiger partial charge in [0.2, 0.25) is 0 Å². The minimum absolute atomic E-state index is 0.209. The highest BCUT2D eigenvalue weighted by Gasteiger charge is 2.09. The van der Waals surface area contributed by atoms with Crippen LogP contribution in [0.2, 0.25) is 0 Å². The first kappa shape index (κ1) is 13.3. The van der Waals surface area contributed by atoms with E-state index in [1.807, 2.05) is 49.5 Å². The standard InChI is InChI=1S/C17H19NO/c1-18-16-12-6-5-11-15(16)17(19)13-7-10-14-8-3-2-4-9-14/h2-6,8-9,11-12,18H,7,10,13H2,1H3. The third kappa shape index (κ3) is 3.68. The number of carbonyl (C=O) groups is 1. The van der Waals surface area contributed by atoms with Gasteiger partial charge in [-0.3, -0.25) is 4.79 Å². The molecule has 2 nitrogen and oxygen atoms in total. The predicted octanol–water partition coefficient (Wildman–Crippen LogP) is 3.93. The van der Waals surface area contributed by atoms with Crippen LogP contribution in [-0.2, 0) is 6.42 Å². The van der Waals surface area contributed by atoms with E-state index < -0.39 is 0 Å². The fraction of sp³-hybridized carbons (Fsp3) is 0.235.